The van der Waals surface area contributed by atoms with Crippen LogP contribution in [0.2, 0.25) is 5.02 Å². The van der Waals surface area contributed by atoms with Gasteiger partial charge in [0.2, 0.25) is 0 Å². The third-order valence-electron chi connectivity index (χ3n) is 4.34. The number of carbonyl (C=O) groups is 1. The molecule has 3 aromatic rings. The highest BCUT2D eigenvalue weighted by molar-refractivity contribution is 9.10. The van der Waals surface area contributed by atoms with Gasteiger partial charge >= 0.3 is 0 Å². The van der Waals surface area contributed by atoms with Gasteiger partial charge in [-0.15, -0.1) is 0 Å². The van der Waals surface area contributed by atoms with Crippen molar-refractivity contribution in [2.75, 3.05) is 12.4 Å². The Morgan fingerprint density at radius 1 is 1.12 bits per heavy atom. The molecular formula is C24H17Br2ClN2O3. The van der Waals surface area contributed by atoms with E-state index in [1.807, 2.05) is 30.3 Å². The van der Waals surface area contributed by atoms with Gasteiger partial charge in [-0.05, 0) is 59.7 Å². The molecule has 0 bridgehead atoms. The normalized spacial score (nSPS) is 10.9. The molecule has 0 unspecified atom stereocenters. The van der Waals surface area contributed by atoms with Crippen LogP contribution in [0, 0.1) is 11.3 Å². The molecule has 3 aromatic carbocycles. The van der Waals surface area contributed by atoms with E-state index in [0.29, 0.717) is 38.9 Å². The molecule has 0 aliphatic heterocycles. The zero-order chi connectivity index (χ0) is 23.1. The van der Waals surface area contributed by atoms with Crippen molar-refractivity contribution in [1.29, 1.82) is 5.26 Å². The topological polar surface area (TPSA) is 71.3 Å². The van der Waals surface area contributed by atoms with Crippen LogP contribution in [0.25, 0.3) is 6.08 Å². The second-order valence-corrected chi connectivity index (χ2v) is 8.78. The smallest absolute Gasteiger partial charge is 0.266 e. The molecule has 1 amide bonds. The van der Waals surface area contributed by atoms with Gasteiger partial charge in [-0.25, -0.2) is 0 Å². The number of nitrogens with one attached hydrogen (secondary N) is 1. The Hall–Kier alpha value is -2.79. The van der Waals surface area contributed by atoms with Crippen molar-refractivity contribution in [2.24, 2.45) is 0 Å². The summed E-state index contributed by atoms with van der Waals surface area (Å²) in [5.74, 6) is 0.460. The van der Waals surface area contributed by atoms with Gasteiger partial charge in [0, 0.05) is 19.7 Å². The number of amides is 1. The lowest BCUT2D eigenvalue weighted by Crippen LogP contribution is -2.13. The van der Waals surface area contributed by atoms with Gasteiger partial charge < -0.3 is 14.8 Å². The molecular weight excluding hydrogens is 560 g/mol. The monoisotopic (exact) mass is 574 g/mol. The third kappa shape index (κ3) is 6.36. The SMILES string of the molecule is COc1cc(C=C(C#N)C(=O)Nc2cccc(Cl)c2)c(Br)cc1OCc1ccc(Br)cc1. The van der Waals surface area contributed by atoms with Crippen LogP contribution in [0.5, 0.6) is 11.5 Å². The first-order valence-corrected chi connectivity index (χ1v) is 11.3. The van der Waals surface area contributed by atoms with Crippen LogP contribution in [0.4, 0.5) is 5.69 Å². The molecule has 0 fully saturated rings. The van der Waals surface area contributed by atoms with Crippen molar-refractivity contribution in [3.8, 4) is 17.6 Å². The molecule has 32 heavy (non-hydrogen) atoms. The average molecular weight is 577 g/mol. The summed E-state index contributed by atoms with van der Waals surface area (Å²) in [6.07, 6.45) is 1.48. The first kappa shape index (κ1) is 23.9. The van der Waals surface area contributed by atoms with E-state index in [4.69, 9.17) is 21.1 Å². The van der Waals surface area contributed by atoms with Crippen molar-refractivity contribution in [2.45, 2.75) is 6.61 Å². The standard InChI is InChI=1S/C24H17Br2ClN2O3/c1-31-22-10-16(9-17(13-28)24(30)29-20-4-2-3-19(27)11-20)21(26)12-23(22)32-14-15-5-7-18(25)8-6-15/h2-12H,14H2,1H3,(H,29,30). The van der Waals surface area contributed by atoms with Crippen molar-refractivity contribution in [3.63, 3.8) is 0 Å². The fraction of sp³-hybridized carbons (Fsp3) is 0.0833. The van der Waals surface area contributed by atoms with Crippen LogP contribution in [-0.4, -0.2) is 13.0 Å². The largest absolute Gasteiger partial charge is 0.493 e. The lowest BCUT2D eigenvalue weighted by Gasteiger charge is -2.13. The number of hydrogen-bond donors (Lipinski definition) is 1. The van der Waals surface area contributed by atoms with Gasteiger partial charge in [-0.2, -0.15) is 5.26 Å². The summed E-state index contributed by atoms with van der Waals surface area (Å²) in [5, 5.41) is 12.7. The fourth-order valence-electron chi connectivity index (χ4n) is 2.74. The number of ether oxygens (including phenoxy) is 2. The second-order valence-electron chi connectivity index (χ2n) is 6.57. The number of benzene rings is 3. The van der Waals surface area contributed by atoms with Crippen molar-refractivity contribution >= 4 is 61.1 Å². The fourth-order valence-corrected chi connectivity index (χ4v) is 3.64. The minimum absolute atomic E-state index is 0.0729. The highest BCUT2D eigenvalue weighted by Crippen LogP contribution is 2.35. The summed E-state index contributed by atoms with van der Waals surface area (Å²) < 4.78 is 13.0. The summed E-state index contributed by atoms with van der Waals surface area (Å²) in [6.45, 7) is 0.358. The van der Waals surface area contributed by atoms with E-state index < -0.39 is 5.91 Å². The molecule has 0 aliphatic rings. The molecule has 8 heteroatoms. The number of halogens is 3. The maximum absolute atomic E-state index is 12.6. The van der Waals surface area contributed by atoms with Crippen LogP contribution in [0.3, 0.4) is 0 Å². The van der Waals surface area contributed by atoms with E-state index in [0.717, 1.165) is 10.0 Å². The Kier molecular flexibility index (Phi) is 8.34. The quantitative estimate of drug-likeness (QED) is 0.243. The van der Waals surface area contributed by atoms with Crippen molar-refractivity contribution in [1.82, 2.24) is 0 Å². The zero-order valence-electron chi connectivity index (χ0n) is 16.9. The molecule has 162 valence electrons. The second kappa shape index (κ2) is 11.2. The van der Waals surface area contributed by atoms with E-state index in [1.54, 1.807) is 36.4 Å². The highest BCUT2D eigenvalue weighted by Gasteiger charge is 2.14. The number of carbonyl (C=O) groups excluding carboxylic acids is 1. The van der Waals surface area contributed by atoms with Crippen molar-refractivity contribution in [3.05, 3.63) is 91.3 Å². The summed E-state index contributed by atoms with van der Waals surface area (Å²) in [4.78, 5) is 12.6. The first-order chi connectivity index (χ1) is 15.4. The van der Waals surface area contributed by atoms with Gasteiger partial charge in [0.1, 0.15) is 18.2 Å². The number of methoxy groups -OCH3 is 1. The van der Waals surface area contributed by atoms with Gasteiger partial charge in [0.15, 0.2) is 11.5 Å². The van der Waals surface area contributed by atoms with Crippen LogP contribution in [0.15, 0.2) is 75.2 Å². The number of rotatable bonds is 7. The summed E-state index contributed by atoms with van der Waals surface area (Å²) in [7, 11) is 1.53. The number of anilines is 1. The van der Waals surface area contributed by atoms with Gasteiger partial charge in [-0.3, -0.25) is 4.79 Å². The minimum Gasteiger partial charge on any atom is -0.493 e. The average Bonchev–Trinajstić information content (AvgIpc) is 2.78. The van der Waals surface area contributed by atoms with Gasteiger partial charge in [0.05, 0.1) is 7.11 Å². The third-order valence-corrected chi connectivity index (χ3v) is 5.79. The molecule has 0 spiro atoms. The van der Waals surface area contributed by atoms with Crippen molar-refractivity contribution < 1.29 is 14.3 Å². The number of hydrogen-bond acceptors (Lipinski definition) is 4. The number of nitrogens with zero attached hydrogens (tertiary/aromatic N) is 1. The minimum atomic E-state index is -0.545. The molecule has 0 saturated carbocycles. The van der Waals surface area contributed by atoms with Crippen LogP contribution >= 0.6 is 43.5 Å². The number of nitriles is 1. The summed E-state index contributed by atoms with van der Waals surface area (Å²) in [5.41, 5.74) is 2.02. The van der Waals surface area contributed by atoms with Crippen LogP contribution in [-0.2, 0) is 11.4 Å². The van der Waals surface area contributed by atoms with Gasteiger partial charge in [-0.1, -0.05) is 61.7 Å². The van der Waals surface area contributed by atoms with E-state index in [1.165, 1.54) is 13.2 Å². The van der Waals surface area contributed by atoms with E-state index >= 15 is 0 Å². The Morgan fingerprint density at radius 3 is 2.53 bits per heavy atom. The van der Waals surface area contributed by atoms with E-state index in [9.17, 15) is 10.1 Å². The molecule has 0 atom stereocenters. The van der Waals surface area contributed by atoms with Crippen LogP contribution < -0.4 is 14.8 Å². The highest BCUT2D eigenvalue weighted by atomic mass is 79.9. The van der Waals surface area contributed by atoms with Gasteiger partial charge in [0.25, 0.3) is 5.91 Å². The lowest BCUT2D eigenvalue weighted by molar-refractivity contribution is -0.112. The summed E-state index contributed by atoms with van der Waals surface area (Å²) >= 11 is 12.8. The molecule has 0 saturated heterocycles. The predicted octanol–water partition coefficient (Wildman–Crippen LogP) is 7.00. The molecule has 0 radical (unpaired) electrons. The molecule has 0 aliphatic carbocycles. The lowest BCUT2D eigenvalue weighted by atomic mass is 10.1. The molecule has 5 nitrogen and oxygen atoms in total. The Morgan fingerprint density at radius 2 is 1.88 bits per heavy atom. The van der Waals surface area contributed by atoms with Crippen LogP contribution in [0.1, 0.15) is 11.1 Å². The van der Waals surface area contributed by atoms with E-state index in [-0.39, 0.29) is 5.57 Å². The molecule has 0 heterocycles. The molecule has 3 rings (SSSR count). The molecule has 0 aromatic heterocycles. The predicted molar refractivity (Wildman–Crippen MR) is 133 cm³/mol. The maximum atomic E-state index is 12.6. The first-order valence-electron chi connectivity index (χ1n) is 9.33. The zero-order valence-corrected chi connectivity index (χ0v) is 20.8. The van der Waals surface area contributed by atoms with E-state index in [2.05, 4.69) is 37.2 Å². The summed E-state index contributed by atoms with van der Waals surface area (Å²) in [6, 6.07) is 19.9. The Balaban J connectivity index is 1.81. The molecule has 1 N–H and O–H groups in total. The Bertz CT molecular complexity index is 1200. The Labute approximate surface area is 207 Å². The maximum Gasteiger partial charge on any atom is 0.266 e.